The third kappa shape index (κ3) is 17.2. The van der Waals surface area contributed by atoms with Gasteiger partial charge in [-0.3, -0.25) is 14.4 Å². The molecule has 0 spiro atoms. The highest BCUT2D eigenvalue weighted by atomic mass is 35.5. The molecule has 598 valence electrons. The van der Waals surface area contributed by atoms with E-state index in [2.05, 4.69) is 61.2 Å². The zero-order valence-electron chi connectivity index (χ0n) is 63.5. The van der Waals surface area contributed by atoms with Crippen LogP contribution in [0.3, 0.4) is 0 Å². The highest BCUT2D eigenvalue weighted by molar-refractivity contribution is 6.40. The molecular formula is C88H71Cl4F4N19O4. The number of aromatic nitrogens is 16. The number of likely N-dealkylation sites (tertiary alicyclic amines) is 3. The Bertz CT molecular complexity index is 6140. The first-order chi connectivity index (χ1) is 57.8. The van der Waals surface area contributed by atoms with Crippen LogP contribution in [0.5, 0.6) is 0 Å². The number of alkyl halides is 4. The molecule has 3 fully saturated rings. The lowest BCUT2D eigenvalue weighted by Crippen LogP contribution is -2.59. The molecule has 3 atom stereocenters. The Hall–Kier alpha value is -12.8. The first kappa shape index (κ1) is 80.0. The van der Waals surface area contributed by atoms with Crippen molar-refractivity contribution in [2.24, 2.45) is 0 Å². The number of carbonyl (C=O) groups is 3. The van der Waals surface area contributed by atoms with Crippen LogP contribution in [0.15, 0.2) is 243 Å². The third-order valence-corrected chi connectivity index (χ3v) is 21.7. The molecule has 8 aromatic heterocycles. The van der Waals surface area contributed by atoms with Crippen molar-refractivity contribution in [3.63, 3.8) is 0 Å². The molecule has 1 unspecified atom stereocenters. The van der Waals surface area contributed by atoms with Gasteiger partial charge in [-0.1, -0.05) is 289 Å². The Morgan fingerprint density at radius 3 is 0.790 bits per heavy atom. The van der Waals surface area contributed by atoms with Gasteiger partial charge in [0.1, 0.15) is 77.5 Å². The standard InChI is InChI=1S/2C23H19ClFN5O.C22H16ClF2N5O.C20H17ClN4O/c2*24-20-19-21(15-7-3-1-4-8-15)28-30(14-18(31)29-12-11-17(25)13-29)23(19)27-26-22(20)16-9-5-2-6-10-16;23-18-17-19(14-7-3-1-4-8-14)28-30(11-16(31)29-12-22(24,25)13-29)21(17)27-26-20(18)15-9-5-2-6-10-15;1-13(26)12-25-20-16(18(24-25)14-8-4-2-5-9-14)17(21)19(22-23-20)15-10-6-3-7-11-15/h2*1-10,17H,11-14H2;1-10H,11-13H2;2-11,13,26H,12H2,1H3/t2*17-;;/m11../s1. The van der Waals surface area contributed by atoms with Gasteiger partial charge in [0.2, 0.25) is 17.7 Å². The van der Waals surface area contributed by atoms with Crippen molar-refractivity contribution >= 4 is 108 Å². The molecule has 0 saturated carbocycles. The fourth-order valence-corrected chi connectivity index (χ4v) is 15.6. The van der Waals surface area contributed by atoms with Gasteiger partial charge in [0.15, 0.2) is 22.6 Å². The minimum Gasteiger partial charge on any atom is -0.391 e. The maximum absolute atomic E-state index is 13.6. The first-order valence-electron chi connectivity index (χ1n) is 38.1. The molecule has 0 radical (unpaired) electrons. The summed E-state index contributed by atoms with van der Waals surface area (Å²) in [6.45, 7) is 1.60. The molecule has 0 aliphatic carbocycles. The second kappa shape index (κ2) is 35.2. The van der Waals surface area contributed by atoms with Crippen LogP contribution >= 0.6 is 46.4 Å². The molecule has 0 bridgehead atoms. The summed E-state index contributed by atoms with van der Waals surface area (Å²) in [4.78, 5) is 42.1. The van der Waals surface area contributed by atoms with Crippen molar-refractivity contribution in [1.82, 2.24) is 94.6 Å². The van der Waals surface area contributed by atoms with Crippen molar-refractivity contribution < 1.29 is 37.1 Å². The maximum Gasteiger partial charge on any atom is 0.282 e. The van der Waals surface area contributed by atoms with Gasteiger partial charge in [-0.25, -0.2) is 36.3 Å². The van der Waals surface area contributed by atoms with E-state index in [4.69, 9.17) is 46.4 Å². The first-order valence-corrected chi connectivity index (χ1v) is 39.6. The third-order valence-electron chi connectivity index (χ3n) is 20.2. The number of rotatable bonds is 16. The number of carbonyl (C=O) groups excluding carboxylic acids is 3. The van der Waals surface area contributed by atoms with E-state index in [0.717, 1.165) is 60.5 Å². The van der Waals surface area contributed by atoms with Gasteiger partial charge < -0.3 is 19.8 Å². The quantitative estimate of drug-likeness (QED) is 0.0882. The predicted octanol–water partition coefficient (Wildman–Crippen LogP) is 17.3. The van der Waals surface area contributed by atoms with E-state index < -0.39 is 43.4 Å². The maximum atomic E-state index is 13.6. The summed E-state index contributed by atoms with van der Waals surface area (Å²) in [5.74, 6) is -3.69. The lowest BCUT2D eigenvalue weighted by atomic mass is 10.1. The minimum absolute atomic E-state index is 0.0499. The Kier molecular flexibility index (Phi) is 23.7. The van der Waals surface area contributed by atoms with Gasteiger partial charge in [-0.2, -0.15) is 20.4 Å². The van der Waals surface area contributed by atoms with Gasteiger partial charge in [0.05, 0.1) is 80.5 Å². The van der Waals surface area contributed by atoms with Gasteiger partial charge >= 0.3 is 0 Å². The lowest BCUT2D eigenvalue weighted by molar-refractivity contribution is -0.166. The van der Waals surface area contributed by atoms with E-state index in [1.807, 2.05) is 243 Å². The van der Waals surface area contributed by atoms with Crippen LogP contribution in [0.25, 0.3) is 134 Å². The summed E-state index contributed by atoms with van der Waals surface area (Å²) < 4.78 is 59.5. The number of hydrogen-bond acceptors (Lipinski definition) is 16. The van der Waals surface area contributed by atoms with Crippen LogP contribution in [0.1, 0.15) is 19.8 Å². The topological polar surface area (TPSA) is 256 Å². The van der Waals surface area contributed by atoms with Gasteiger partial charge in [-0.05, 0) is 19.8 Å². The van der Waals surface area contributed by atoms with E-state index in [0.29, 0.717) is 131 Å². The van der Waals surface area contributed by atoms with Crippen molar-refractivity contribution in [3.05, 3.63) is 263 Å². The number of aliphatic hydroxyl groups excluding tert-OH is 1. The predicted molar refractivity (Wildman–Crippen MR) is 450 cm³/mol. The Balaban J connectivity index is 0.000000119. The molecule has 23 nitrogen and oxygen atoms in total. The molecule has 3 amide bonds. The summed E-state index contributed by atoms with van der Waals surface area (Å²) in [5, 5.41) is 67.4. The molecular weight excluding hydrogens is 1600 g/mol. The number of benzene rings is 8. The molecule has 31 heteroatoms. The molecule has 3 aliphatic heterocycles. The fraction of sp³-hybridized carbons (Fsp3) is 0.193. The molecule has 11 heterocycles. The molecule has 119 heavy (non-hydrogen) atoms. The summed E-state index contributed by atoms with van der Waals surface area (Å²) in [7, 11) is 0. The SMILES string of the molecule is CC(O)Cn1nc(-c2ccccc2)c2c(Cl)c(-c3ccccc3)nnc21.O=C(Cn1nc(-c2ccccc2)c2c(Cl)c(-c3ccccc3)nnc21)N1CC(F)(F)C1.O=C(Cn1nc(-c2ccccc2)c2c(Cl)c(-c3ccccc3)nnc21)N1CC[C@@H](F)C1.O=C(Cn1nc(-c2ccccc2)c2c(Cl)c(-c3ccccc3)nnc21)N1CC[C@@H](F)C1. The molecule has 19 rings (SSSR count). The summed E-state index contributed by atoms with van der Waals surface area (Å²) >= 11 is 27.2. The fourth-order valence-electron chi connectivity index (χ4n) is 14.3. The minimum atomic E-state index is -2.83. The average Bonchev–Trinajstić information content (AvgIpc) is 1.64. The van der Waals surface area contributed by atoms with Crippen molar-refractivity contribution in [3.8, 4) is 90.1 Å². The number of fused-ring (bicyclic) bond motifs is 4. The summed E-state index contributed by atoms with van der Waals surface area (Å²) in [6, 6.07) is 76.7. The number of aliphatic hydroxyl groups is 1. The van der Waals surface area contributed by atoms with Crippen LogP contribution < -0.4 is 0 Å². The average molecular weight is 1680 g/mol. The van der Waals surface area contributed by atoms with Gasteiger partial charge in [0.25, 0.3) is 5.92 Å². The Morgan fingerprint density at radius 2 is 0.571 bits per heavy atom. The van der Waals surface area contributed by atoms with Gasteiger partial charge in [-0.15, -0.1) is 40.8 Å². The van der Waals surface area contributed by atoms with Crippen molar-refractivity contribution in [2.75, 3.05) is 39.3 Å². The van der Waals surface area contributed by atoms with E-state index in [1.54, 1.807) is 11.6 Å². The summed E-state index contributed by atoms with van der Waals surface area (Å²) in [5.41, 5.74) is 13.3. The normalized spacial score (nSPS) is 15.1. The van der Waals surface area contributed by atoms with Crippen LogP contribution in [0, 0.1) is 0 Å². The second-order valence-electron chi connectivity index (χ2n) is 28.6. The smallest absolute Gasteiger partial charge is 0.282 e. The molecule has 8 aromatic carbocycles. The molecule has 1 N–H and O–H groups in total. The Morgan fingerprint density at radius 1 is 0.353 bits per heavy atom. The van der Waals surface area contributed by atoms with Crippen LogP contribution in [0.2, 0.25) is 20.1 Å². The van der Waals surface area contributed by atoms with Crippen LogP contribution in [-0.4, -0.2) is 181 Å². The zero-order valence-corrected chi connectivity index (χ0v) is 66.5. The highest BCUT2D eigenvalue weighted by Gasteiger charge is 2.46. The summed E-state index contributed by atoms with van der Waals surface area (Å²) in [6.07, 6.45) is -1.77. The number of halogens is 8. The van der Waals surface area contributed by atoms with Gasteiger partial charge in [0, 0.05) is 57.6 Å². The molecule has 3 aliphatic rings. The molecule has 16 aromatic rings. The van der Waals surface area contributed by atoms with Crippen molar-refractivity contribution in [2.45, 2.75) is 70.3 Å². The molecule has 3 saturated heterocycles. The lowest BCUT2D eigenvalue weighted by Gasteiger charge is -2.38. The van der Waals surface area contributed by atoms with Crippen LogP contribution in [-0.2, 0) is 40.6 Å². The number of nitrogens with zero attached hydrogens (tertiary/aromatic N) is 19. The number of hydrogen-bond donors (Lipinski definition) is 1. The van der Waals surface area contributed by atoms with E-state index in [-0.39, 0.29) is 44.5 Å². The second-order valence-corrected chi connectivity index (χ2v) is 30.1. The number of amides is 3. The highest BCUT2D eigenvalue weighted by Crippen LogP contribution is 2.43. The van der Waals surface area contributed by atoms with Crippen molar-refractivity contribution in [1.29, 1.82) is 0 Å². The monoisotopic (exact) mass is 1670 g/mol. The zero-order chi connectivity index (χ0) is 82.4. The van der Waals surface area contributed by atoms with Crippen LogP contribution in [0.4, 0.5) is 17.6 Å². The largest absolute Gasteiger partial charge is 0.391 e. The van der Waals surface area contributed by atoms with E-state index >= 15 is 0 Å². The Labute approximate surface area is 698 Å². The van der Waals surface area contributed by atoms with E-state index in [1.165, 1.54) is 23.8 Å². The van der Waals surface area contributed by atoms with E-state index in [9.17, 15) is 37.1 Å².